The van der Waals surface area contributed by atoms with Crippen molar-refractivity contribution in [1.29, 1.82) is 0 Å². The number of hydrogen-bond donors (Lipinski definition) is 1. The van der Waals surface area contributed by atoms with Crippen LogP contribution in [0.2, 0.25) is 0 Å². The topological polar surface area (TPSA) is 36.4 Å². The number of aromatic hydroxyl groups is 1. The molecule has 1 fully saturated rings. The number of halogens is 1. The maximum Gasteiger partial charge on any atom is 0.138 e. The third kappa shape index (κ3) is 1.78. The van der Waals surface area contributed by atoms with E-state index in [0.717, 1.165) is 0 Å². The van der Waals surface area contributed by atoms with Gasteiger partial charge in [-0.15, -0.1) is 0 Å². The van der Waals surface area contributed by atoms with Crippen molar-refractivity contribution in [3.8, 4) is 5.75 Å². The molecular formula is C9H11FN2O. The molecule has 0 aromatic carbocycles. The summed E-state index contributed by atoms with van der Waals surface area (Å²) in [5, 5.41) is 9.36. The fraction of sp³-hybridized carbons (Fsp3) is 0.444. The number of alkyl halides is 1. The largest absolute Gasteiger partial charge is 0.506 e. The van der Waals surface area contributed by atoms with E-state index < -0.39 is 6.17 Å². The minimum absolute atomic E-state index is 0.185. The normalized spacial score (nSPS) is 18.5. The minimum atomic E-state index is -0.703. The van der Waals surface area contributed by atoms with Gasteiger partial charge in [-0.2, -0.15) is 0 Å². The standard InChI is InChI=1S/C9H11FN2O/c10-7-4-12(5-7)6-8-9(13)2-1-3-11-8/h1-3,7,13H,4-6H2. The van der Waals surface area contributed by atoms with Crippen LogP contribution in [0.15, 0.2) is 18.3 Å². The molecule has 13 heavy (non-hydrogen) atoms. The van der Waals surface area contributed by atoms with E-state index in [0.29, 0.717) is 25.3 Å². The van der Waals surface area contributed by atoms with Gasteiger partial charge in [-0.25, -0.2) is 4.39 Å². The molecule has 0 radical (unpaired) electrons. The highest BCUT2D eigenvalue weighted by molar-refractivity contribution is 5.24. The Labute approximate surface area is 75.8 Å². The minimum Gasteiger partial charge on any atom is -0.506 e. The predicted octanol–water partition coefficient (Wildman–Crippen LogP) is 0.941. The molecule has 0 aliphatic carbocycles. The van der Waals surface area contributed by atoms with Crippen LogP contribution in [0.25, 0.3) is 0 Å². The van der Waals surface area contributed by atoms with Crippen LogP contribution in [0.3, 0.4) is 0 Å². The fourth-order valence-electron chi connectivity index (χ4n) is 1.40. The summed E-state index contributed by atoms with van der Waals surface area (Å²) in [6.07, 6.45) is 0.924. The molecule has 70 valence electrons. The van der Waals surface area contributed by atoms with E-state index >= 15 is 0 Å². The second-order valence-electron chi connectivity index (χ2n) is 3.26. The maximum atomic E-state index is 12.4. The van der Waals surface area contributed by atoms with Gasteiger partial charge < -0.3 is 5.11 Å². The average molecular weight is 182 g/mol. The quantitative estimate of drug-likeness (QED) is 0.739. The van der Waals surface area contributed by atoms with E-state index in [4.69, 9.17) is 0 Å². The van der Waals surface area contributed by atoms with Crippen LogP contribution in [0.1, 0.15) is 5.69 Å². The van der Waals surface area contributed by atoms with Crippen molar-refractivity contribution in [2.75, 3.05) is 13.1 Å². The molecule has 1 aliphatic heterocycles. The van der Waals surface area contributed by atoms with Gasteiger partial charge in [0.05, 0.1) is 5.69 Å². The highest BCUT2D eigenvalue weighted by atomic mass is 19.1. The average Bonchev–Trinajstić information content (AvgIpc) is 2.06. The van der Waals surface area contributed by atoms with Crippen LogP contribution in [-0.2, 0) is 6.54 Å². The number of aromatic nitrogens is 1. The molecule has 0 spiro atoms. The Balaban J connectivity index is 1.98. The highest BCUT2D eigenvalue weighted by Gasteiger charge is 2.26. The molecular weight excluding hydrogens is 171 g/mol. The van der Waals surface area contributed by atoms with Crippen LogP contribution in [0.5, 0.6) is 5.75 Å². The zero-order valence-electron chi connectivity index (χ0n) is 7.15. The van der Waals surface area contributed by atoms with Crippen LogP contribution >= 0.6 is 0 Å². The van der Waals surface area contributed by atoms with E-state index in [1.165, 1.54) is 0 Å². The lowest BCUT2D eigenvalue weighted by Gasteiger charge is -2.33. The lowest BCUT2D eigenvalue weighted by molar-refractivity contribution is 0.0573. The number of hydrogen-bond acceptors (Lipinski definition) is 3. The summed E-state index contributed by atoms with van der Waals surface area (Å²) in [6.45, 7) is 1.44. The molecule has 0 unspecified atom stereocenters. The van der Waals surface area contributed by atoms with Gasteiger partial charge in [-0.05, 0) is 12.1 Å². The first-order valence-corrected chi connectivity index (χ1v) is 4.25. The van der Waals surface area contributed by atoms with E-state index in [1.54, 1.807) is 18.3 Å². The third-order valence-electron chi connectivity index (χ3n) is 2.15. The molecule has 3 nitrogen and oxygen atoms in total. The lowest BCUT2D eigenvalue weighted by Crippen LogP contribution is -2.47. The molecule has 1 aliphatic rings. The first kappa shape index (κ1) is 8.44. The number of nitrogens with zero attached hydrogens (tertiary/aromatic N) is 2. The molecule has 0 bridgehead atoms. The van der Waals surface area contributed by atoms with Crippen molar-refractivity contribution in [2.45, 2.75) is 12.7 Å². The van der Waals surface area contributed by atoms with Crippen molar-refractivity contribution in [3.63, 3.8) is 0 Å². The van der Waals surface area contributed by atoms with Crippen molar-refractivity contribution >= 4 is 0 Å². The summed E-state index contributed by atoms with van der Waals surface area (Å²) in [6, 6.07) is 3.27. The monoisotopic (exact) mass is 182 g/mol. The van der Waals surface area contributed by atoms with E-state index in [2.05, 4.69) is 4.98 Å². The van der Waals surface area contributed by atoms with Gasteiger partial charge in [0.15, 0.2) is 0 Å². The Morgan fingerprint density at radius 3 is 3.00 bits per heavy atom. The first-order chi connectivity index (χ1) is 6.25. The zero-order valence-corrected chi connectivity index (χ0v) is 7.15. The Hall–Kier alpha value is -1.16. The van der Waals surface area contributed by atoms with Gasteiger partial charge in [0.1, 0.15) is 11.9 Å². The van der Waals surface area contributed by atoms with E-state index in [-0.39, 0.29) is 5.75 Å². The predicted molar refractivity (Wildman–Crippen MR) is 46.1 cm³/mol. The van der Waals surface area contributed by atoms with Gasteiger partial charge in [-0.1, -0.05) is 0 Å². The van der Waals surface area contributed by atoms with Gasteiger partial charge in [-0.3, -0.25) is 9.88 Å². The summed E-state index contributed by atoms with van der Waals surface area (Å²) >= 11 is 0. The fourth-order valence-corrected chi connectivity index (χ4v) is 1.40. The molecule has 2 rings (SSSR count). The molecule has 0 atom stereocenters. The van der Waals surface area contributed by atoms with Crippen LogP contribution in [0.4, 0.5) is 4.39 Å². The molecule has 1 aromatic heterocycles. The van der Waals surface area contributed by atoms with Gasteiger partial charge in [0.2, 0.25) is 0 Å². The Morgan fingerprint density at radius 2 is 2.38 bits per heavy atom. The molecule has 1 saturated heterocycles. The molecule has 2 heterocycles. The summed E-state index contributed by atoms with van der Waals surface area (Å²) in [4.78, 5) is 5.92. The number of rotatable bonds is 2. The van der Waals surface area contributed by atoms with Gasteiger partial charge in [0, 0.05) is 25.8 Å². The molecule has 1 aromatic rings. The molecule has 0 amide bonds. The van der Waals surface area contributed by atoms with Crippen molar-refractivity contribution < 1.29 is 9.50 Å². The zero-order chi connectivity index (χ0) is 9.26. The van der Waals surface area contributed by atoms with Crippen LogP contribution < -0.4 is 0 Å². The second kappa shape index (κ2) is 3.30. The SMILES string of the molecule is Oc1cccnc1CN1CC(F)C1. The van der Waals surface area contributed by atoms with Gasteiger partial charge >= 0.3 is 0 Å². The number of pyridine rings is 1. The summed E-state index contributed by atoms with van der Waals surface area (Å²) in [5.41, 5.74) is 0.620. The van der Waals surface area contributed by atoms with Crippen molar-refractivity contribution in [1.82, 2.24) is 9.88 Å². The third-order valence-corrected chi connectivity index (χ3v) is 2.15. The van der Waals surface area contributed by atoms with Crippen molar-refractivity contribution in [2.24, 2.45) is 0 Å². The number of likely N-dealkylation sites (tertiary alicyclic amines) is 1. The highest BCUT2D eigenvalue weighted by Crippen LogP contribution is 2.19. The Bertz CT molecular complexity index is 299. The molecule has 1 N–H and O–H groups in total. The smallest absolute Gasteiger partial charge is 0.138 e. The first-order valence-electron chi connectivity index (χ1n) is 4.25. The van der Waals surface area contributed by atoms with Crippen LogP contribution in [0, 0.1) is 0 Å². The van der Waals surface area contributed by atoms with Crippen LogP contribution in [-0.4, -0.2) is 34.3 Å². The Morgan fingerprint density at radius 1 is 1.62 bits per heavy atom. The van der Waals surface area contributed by atoms with E-state index in [1.807, 2.05) is 4.90 Å². The van der Waals surface area contributed by atoms with Crippen molar-refractivity contribution in [3.05, 3.63) is 24.0 Å². The molecule has 0 saturated carbocycles. The Kier molecular flexibility index (Phi) is 2.14. The second-order valence-corrected chi connectivity index (χ2v) is 3.26. The maximum absolute atomic E-state index is 12.4. The lowest BCUT2D eigenvalue weighted by atomic mass is 10.2. The molecule has 4 heteroatoms. The van der Waals surface area contributed by atoms with E-state index in [9.17, 15) is 9.50 Å². The van der Waals surface area contributed by atoms with Gasteiger partial charge in [0.25, 0.3) is 0 Å². The summed E-state index contributed by atoms with van der Waals surface area (Å²) < 4.78 is 12.4. The summed E-state index contributed by atoms with van der Waals surface area (Å²) in [7, 11) is 0. The summed E-state index contributed by atoms with van der Waals surface area (Å²) in [5.74, 6) is 0.185.